The molecule has 0 fully saturated rings. The highest BCUT2D eigenvalue weighted by molar-refractivity contribution is 5.76. The Kier molecular flexibility index (Phi) is 6.03. The van der Waals surface area contributed by atoms with Crippen LogP contribution in [0.25, 0.3) is 11.1 Å². The van der Waals surface area contributed by atoms with Crippen molar-refractivity contribution in [2.45, 2.75) is 25.7 Å². The molecular formula is C18H18F3NO3. The second-order valence-corrected chi connectivity index (χ2v) is 5.34. The number of carbonyl (C=O) groups is 1. The molecule has 2 aromatic rings. The largest absolute Gasteiger partial charge is 0.573 e. The maximum atomic E-state index is 12.2. The highest BCUT2D eigenvalue weighted by atomic mass is 19.4. The summed E-state index contributed by atoms with van der Waals surface area (Å²) in [7, 11) is 0. The van der Waals surface area contributed by atoms with E-state index in [0.717, 1.165) is 16.7 Å². The fourth-order valence-electron chi connectivity index (χ4n) is 2.31. The first kappa shape index (κ1) is 18.8. The van der Waals surface area contributed by atoms with Crippen molar-refractivity contribution in [1.82, 2.24) is 0 Å². The highest BCUT2D eigenvalue weighted by Crippen LogP contribution is 2.27. The van der Waals surface area contributed by atoms with E-state index in [2.05, 4.69) is 4.74 Å². The Morgan fingerprint density at radius 1 is 1.12 bits per heavy atom. The summed E-state index contributed by atoms with van der Waals surface area (Å²) in [6.45, 7) is 1.97. The molecule has 0 heterocycles. The van der Waals surface area contributed by atoms with Crippen molar-refractivity contribution < 1.29 is 27.4 Å². The van der Waals surface area contributed by atoms with E-state index in [0.29, 0.717) is 6.42 Å². The Bertz CT molecular complexity index is 714. The zero-order valence-electron chi connectivity index (χ0n) is 13.5. The molecule has 2 rings (SSSR count). The molecule has 0 bridgehead atoms. The van der Waals surface area contributed by atoms with Crippen LogP contribution in [0.15, 0.2) is 48.5 Å². The van der Waals surface area contributed by atoms with Crippen LogP contribution < -0.4 is 10.5 Å². The van der Waals surface area contributed by atoms with Gasteiger partial charge < -0.3 is 15.2 Å². The molecule has 25 heavy (non-hydrogen) atoms. The van der Waals surface area contributed by atoms with Gasteiger partial charge in [-0.3, -0.25) is 4.79 Å². The maximum Gasteiger partial charge on any atom is 0.573 e. The minimum absolute atomic E-state index is 0.263. The van der Waals surface area contributed by atoms with Crippen molar-refractivity contribution in [2.75, 3.05) is 6.61 Å². The maximum absolute atomic E-state index is 12.2. The first-order valence-electron chi connectivity index (χ1n) is 7.66. The lowest BCUT2D eigenvalue weighted by Crippen LogP contribution is -2.34. The van der Waals surface area contributed by atoms with Crippen molar-refractivity contribution in [3.05, 3.63) is 54.1 Å². The summed E-state index contributed by atoms with van der Waals surface area (Å²) >= 11 is 0. The van der Waals surface area contributed by atoms with Gasteiger partial charge in [0.25, 0.3) is 0 Å². The van der Waals surface area contributed by atoms with Gasteiger partial charge in [0.1, 0.15) is 11.8 Å². The summed E-state index contributed by atoms with van der Waals surface area (Å²) in [4.78, 5) is 11.6. The van der Waals surface area contributed by atoms with E-state index in [-0.39, 0.29) is 12.4 Å². The molecule has 0 spiro atoms. The zero-order chi connectivity index (χ0) is 18.4. The summed E-state index contributed by atoms with van der Waals surface area (Å²) < 4.78 is 45.3. The fourth-order valence-corrected chi connectivity index (χ4v) is 2.31. The van der Waals surface area contributed by atoms with Gasteiger partial charge in [-0.05, 0) is 42.2 Å². The van der Waals surface area contributed by atoms with Gasteiger partial charge in [0.2, 0.25) is 0 Å². The van der Waals surface area contributed by atoms with Crippen LogP contribution in [0.3, 0.4) is 0 Å². The lowest BCUT2D eigenvalue weighted by molar-refractivity contribution is -0.274. The van der Waals surface area contributed by atoms with Crippen molar-refractivity contribution in [3.8, 4) is 16.9 Å². The topological polar surface area (TPSA) is 61.5 Å². The average molecular weight is 353 g/mol. The molecule has 7 heteroatoms. The number of nitrogens with two attached hydrogens (primary N) is 1. The number of benzene rings is 2. The molecule has 0 amide bonds. The molecule has 0 unspecified atom stereocenters. The summed E-state index contributed by atoms with van der Waals surface area (Å²) in [6.07, 6.45) is -4.41. The highest BCUT2D eigenvalue weighted by Gasteiger charge is 2.30. The molecule has 0 aliphatic rings. The van der Waals surface area contributed by atoms with E-state index >= 15 is 0 Å². The van der Waals surface area contributed by atoms with E-state index in [4.69, 9.17) is 10.5 Å². The number of hydrogen-bond acceptors (Lipinski definition) is 4. The molecule has 0 aromatic heterocycles. The molecule has 0 radical (unpaired) electrons. The van der Waals surface area contributed by atoms with Crippen molar-refractivity contribution in [2.24, 2.45) is 5.73 Å². The monoisotopic (exact) mass is 353 g/mol. The Morgan fingerprint density at radius 2 is 1.80 bits per heavy atom. The Labute approximate surface area is 143 Å². The number of esters is 1. The third-order valence-corrected chi connectivity index (χ3v) is 3.39. The van der Waals surface area contributed by atoms with Crippen LogP contribution in [0.2, 0.25) is 0 Å². The van der Waals surface area contributed by atoms with E-state index in [9.17, 15) is 18.0 Å². The molecule has 1 atom stereocenters. The normalized spacial score (nSPS) is 12.5. The summed E-state index contributed by atoms with van der Waals surface area (Å²) in [5.74, 6) is -0.752. The zero-order valence-corrected chi connectivity index (χ0v) is 13.5. The lowest BCUT2D eigenvalue weighted by Gasteiger charge is -2.12. The first-order valence-corrected chi connectivity index (χ1v) is 7.66. The van der Waals surface area contributed by atoms with Crippen LogP contribution in [-0.4, -0.2) is 25.0 Å². The van der Waals surface area contributed by atoms with E-state index < -0.39 is 18.4 Å². The van der Waals surface area contributed by atoms with Gasteiger partial charge in [-0.2, -0.15) is 0 Å². The molecule has 0 saturated carbocycles. The van der Waals surface area contributed by atoms with Gasteiger partial charge >= 0.3 is 12.3 Å². The standard InChI is InChI=1S/C18H18F3NO3/c1-2-24-17(23)16(22)11-12-4-3-5-14(10-12)13-6-8-15(9-7-13)25-18(19,20)21/h3-10,16H,2,11,22H2,1H3/t16-/m0/s1. The van der Waals surface area contributed by atoms with Crippen LogP contribution in [-0.2, 0) is 16.0 Å². The molecule has 4 nitrogen and oxygen atoms in total. The molecular weight excluding hydrogens is 335 g/mol. The van der Waals surface area contributed by atoms with Crippen LogP contribution in [0.5, 0.6) is 5.75 Å². The van der Waals surface area contributed by atoms with Crippen LogP contribution in [0, 0.1) is 0 Å². The minimum atomic E-state index is -4.72. The van der Waals surface area contributed by atoms with Crippen molar-refractivity contribution >= 4 is 5.97 Å². The van der Waals surface area contributed by atoms with Crippen molar-refractivity contribution in [3.63, 3.8) is 0 Å². The SMILES string of the molecule is CCOC(=O)[C@@H](N)Cc1cccc(-c2ccc(OC(F)(F)F)cc2)c1. The quantitative estimate of drug-likeness (QED) is 0.805. The number of carbonyl (C=O) groups excluding carboxylic acids is 1. The van der Waals surface area contributed by atoms with Gasteiger partial charge in [0.05, 0.1) is 6.61 Å². The summed E-state index contributed by atoms with van der Waals surface area (Å²) in [5.41, 5.74) is 8.15. The van der Waals surface area contributed by atoms with Gasteiger partial charge in [0, 0.05) is 0 Å². The Hall–Kier alpha value is -2.54. The van der Waals surface area contributed by atoms with E-state index in [1.807, 2.05) is 18.2 Å². The van der Waals surface area contributed by atoms with Gasteiger partial charge in [-0.1, -0.05) is 36.4 Å². The Morgan fingerprint density at radius 3 is 2.40 bits per heavy atom. The lowest BCUT2D eigenvalue weighted by atomic mass is 9.99. The number of rotatable bonds is 6. The van der Waals surface area contributed by atoms with Crippen molar-refractivity contribution in [1.29, 1.82) is 0 Å². The molecule has 2 aromatic carbocycles. The van der Waals surface area contributed by atoms with Crippen LogP contribution >= 0.6 is 0 Å². The molecule has 2 N–H and O–H groups in total. The second-order valence-electron chi connectivity index (χ2n) is 5.34. The summed E-state index contributed by atoms with van der Waals surface area (Å²) in [5, 5.41) is 0. The van der Waals surface area contributed by atoms with Crippen LogP contribution in [0.4, 0.5) is 13.2 Å². The van der Waals surface area contributed by atoms with Gasteiger partial charge in [0.15, 0.2) is 0 Å². The third-order valence-electron chi connectivity index (χ3n) is 3.39. The molecule has 134 valence electrons. The van der Waals surface area contributed by atoms with E-state index in [1.54, 1.807) is 13.0 Å². The molecule has 0 saturated heterocycles. The molecule has 0 aliphatic carbocycles. The third kappa shape index (κ3) is 5.79. The van der Waals surface area contributed by atoms with Gasteiger partial charge in [-0.15, -0.1) is 13.2 Å². The number of halogens is 3. The number of ether oxygens (including phenoxy) is 2. The van der Waals surface area contributed by atoms with E-state index in [1.165, 1.54) is 24.3 Å². The second kappa shape index (κ2) is 8.02. The number of hydrogen-bond donors (Lipinski definition) is 1. The minimum Gasteiger partial charge on any atom is -0.465 e. The fraction of sp³-hybridized carbons (Fsp3) is 0.278. The average Bonchev–Trinajstić information content (AvgIpc) is 2.54. The van der Waals surface area contributed by atoms with Crippen LogP contribution in [0.1, 0.15) is 12.5 Å². The predicted octanol–water partition coefficient (Wildman–Crippen LogP) is 3.69. The molecule has 0 aliphatic heterocycles. The number of alkyl halides is 3. The smallest absolute Gasteiger partial charge is 0.465 e. The first-order chi connectivity index (χ1) is 11.8. The van der Waals surface area contributed by atoms with Gasteiger partial charge in [-0.25, -0.2) is 0 Å². The predicted molar refractivity (Wildman–Crippen MR) is 86.9 cm³/mol. The Balaban J connectivity index is 2.11. The summed E-state index contributed by atoms with van der Waals surface area (Å²) in [6, 6.07) is 12.1.